The minimum atomic E-state index is -0.314. The molecule has 0 spiro atoms. The smallest absolute Gasteiger partial charge is 0.258 e. The molecule has 1 atom stereocenters. The van der Waals surface area contributed by atoms with E-state index >= 15 is 0 Å². The van der Waals surface area contributed by atoms with Crippen LogP contribution in [0.1, 0.15) is 46.3 Å². The molecule has 1 unspecified atom stereocenters. The molecule has 0 aromatic heterocycles. The van der Waals surface area contributed by atoms with Gasteiger partial charge in [-0.25, -0.2) is 4.39 Å². The van der Waals surface area contributed by atoms with Crippen LogP contribution in [0.25, 0.3) is 0 Å². The summed E-state index contributed by atoms with van der Waals surface area (Å²) >= 11 is 0. The minimum absolute atomic E-state index is 0.0629. The Balaban J connectivity index is 1.61. The maximum absolute atomic E-state index is 12.9. The molecule has 3 rings (SSSR count). The highest BCUT2D eigenvalue weighted by molar-refractivity contribution is 6.04. The van der Waals surface area contributed by atoms with Gasteiger partial charge in [-0.15, -0.1) is 0 Å². The number of aryl methyl sites for hydroxylation is 1. The molecule has 0 saturated heterocycles. The second kappa shape index (κ2) is 7.05. The number of fused-ring (bicyclic) bond motifs is 1. The lowest BCUT2D eigenvalue weighted by Crippen LogP contribution is -2.28. The van der Waals surface area contributed by atoms with Gasteiger partial charge in [-0.2, -0.15) is 0 Å². The van der Waals surface area contributed by atoms with Crippen LogP contribution in [-0.2, 0) is 11.3 Å². The van der Waals surface area contributed by atoms with Crippen molar-refractivity contribution in [3.63, 3.8) is 0 Å². The molecule has 1 amide bonds. The molecule has 1 aliphatic carbocycles. The molecule has 0 fully saturated rings. The average Bonchev–Trinajstić information content (AvgIpc) is 2.89. The maximum atomic E-state index is 12.9. The Morgan fingerprint density at radius 3 is 2.68 bits per heavy atom. The van der Waals surface area contributed by atoms with Crippen molar-refractivity contribution in [3.05, 3.63) is 64.5 Å². The monoisotopic (exact) mass is 341 g/mol. The van der Waals surface area contributed by atoms with Crippen molar-refractivity contribution in [1.29, 1.82) is 0 Å². The predicted octanol–water partition coefficient (Wildman–Crippen LogP) is 3.52. The number of amides is 1. The van der Waals surface area contributed by atoms with E-state index in [1.807, 2.05) is 19.9 Å². The molecule has 4 nitrogen and oxygen atoms in total. The summed E-state index contributed by atoms with van der Waals surface area (Å²) in [5.41, 5.74) is 3.50. The Hall–Kier alpha value is -2.69. The highest BCUT2D eigenvalue weighted by Gasteiger charge is 2.31. The summed E-state index contributed by atoms with van der Waals surface area (Å²) in [5, 5.41) is 2.72. The number of hydrogen-bond donors (Lipinski definition) is 1. The predicted molar refractivity (Wildman–Crippen MR) is 92.3 cm³/mol. The fourth-order valence-electron chi connectivity index (χ4n) is 3.23. The topological polar surface area (TPSA) is 55.4 Å². The van der Waals surface area contributed by atoms with E-state index in [0.717, 1.165) is 16.7 Å². The van der Waals surface area contributed by atoms with Crippen LogP contribution >= 0.6 is 0 Å². The van der Waals surface area contributed by atoms with Crippen molar-refractivity contribution in [2.24, 2.45) is 0 Å². The highest BCUT2D eigenvalue weighted by Crippen LogP contribution is 2.40. The van der Waals surface area contributed by atoms with Crippen LogP contribution in [0.5, 0.6) is 5.75 Å². The van der Waals surface area contributed by atoms with Gasteiger partial charge in [0.2, 0.25) is 0 Å². The summed E-state index contributed by atoms with van der Waals surface area (Å²) in [7, 11) is 0. The number of carbonyl (C=O) groups excluding carboxylic acids is 2. The van der Waals surface area contributed by atoms with Gasteiger partial charge in [-0.05, 0) is 47.7 Å². The number of rotatable bonds is 5. The number of carbonyl (C=O) groups is 2. The minimum Gasteiger partial charge on any atom is -0.483 e. The van der Waals surface area contributed by atoms with Crippen molar-refractivity contribution in [1.82, 2.24) is 5.32 Å². The van der Waals surface area contributed by atoms with Gasteiger partial charge in [-0.1, -0.05) is 25.1 Å². The van der Waals surface area contributed by atoms with E-state index in [4.69, 9.17) is 4.74 Å². The second-order valence-electron chi connectivity index (χ2n) is 6.39. The van der Waals surface area contributed by atoms with E-state index in [2.05, 4.69) is 5.32 Å². The van der Waals surface area contributed by atoms with E-state index in [0.29, 0.717) is 24.3 Å². The zero-order chi connectivity index (χ0) is 18.0. The van der Waals surface area contributed by atoms with Crippen LogP contribution in [-0.4, -0.2) is 18.3 Å². The third kappa shape index (κ3) is 3.71. The molecule has 1 aliphatic rings. The standard InChI is InChI=1S/C20H20FNO3/c1-12-3-8-17(20-16(23)9-13(2)19(12)20)25-11-18(24)22-10-14-4-6-15(21)7-5-14/h3-8,13H,9-11H2,1-2H3,(H,22,24). The van der Waals surface area contributed by atoms with Crippen LogP contribution in [0, 0.1) is 12.7 Å². The quantitative estimate of drug-likeness (QED) is 0.905. The highest BCUT2D eigenvalue weighted by atomic mass is 19.1. The van der Waals surface area contributed by atoms with Gasteiger partial charge in [0, 0.05) is 13.0 Å². The first kappa shape index (κ1) is 17.1. The van der Waals surface area contributed by atoms with Gasteiger partial charge in [0.05, 0.1) is 5.56 Å². The first-order valence-electron chi connectivity index (χ1n) is 8.26. The molecule has 0 radical (unpaired) electrons. The van der Waals surface area contributed by atoms with Crippen molar-refractivity contribution in [2.45, 2.75) is 32.7 Å². The number of Topliss-reactive ketones (excluding diaryl/α,β-unsaturated/α-hetero) is 1. The first-order chi connectivity index (χ1) is 12.0. The summed E-state index contributed by atoms with van der Waals surface area (Å²) < 4.78 is 18.5. The molecule has 1 N–H and O–H groups in total. The van der Waals surface area contributed by atoms with Gasteiger partial charge in [0.15, 0.2) is 12.4 Å². The lowest BCUT2D eigenvalue weighted by atomic mass is 9.97. The molecule has 0 saturated carbocycles. The summed E-state index contributed by atoms with van der Waals surface area (Å²) in [6.45, 7) is 4.13. The normalized spacial score (nSPS) is 15.8. The molecular weight excluding hydrogens is 321 g/mol. The lowest BCUT2D eigenvalue weighted by Gasteiger charge is -2.13. The molecule has 2 aromatic rings. The largest absolute Gasteiger partial charge is 0.483 e. The number of benzene rings is 2. The molecule has 0 bridgehead atoms. The average molecular weight is 341 g/mol. The Labute approximate surface area is 146 Å². The van der Waals surface area contributed by atoms with Crippen molar-refractivity contribution < 1.29 is 18.7 Å². The number of hydrogen-bond acceptors (Lipinski definition) is 3. The molecule has 0 heterocycles. The summed E-state index contributed by atoms with van der Waals surface area (Å²) in [6.07, 6.45) is 0.479. The Kier molecular flexibility index (Phi) is 4.83. The first-order valence-corrected chi connectivity index (χ1v) is 8.26. The number of ether oxygens (including phenoxy) is 1. The van der Waals surface area contributed by atoms with Gasteiger partial charge >= 0.3 is 0 Å². The second-order valence-corrected chi connectivity index (χ2v) is 6.39. The molecular formula is C20H20FNO3. The molecule has 130 valence electrons. The van der Waals surface area contributed by atoms with Gasteiger partial charge in [0.1, 0.15) is 11.6 Å². The van der Waals surface area contributed by atoms with E-state index < -0.39 is 0 Å². The SMILES string of the molecule is Cc1ccc(OCC(=O)NCc2ccc(F)cc2)c2c1C(C)CC2=O. The Bertz CT molecular complexity index is 814. The maximum Gasteiger partial charge on any atom is 0.258 e. The van der Waals surface area contributed by atoms with E-state index in [1.165, 1.54) is 12.1 Å². The molecule has 25 heavy (non-hydrogen) atoms. The van der Waals surface area contributed by atoms with Crippen molar-refractivity contribution in [3.8, 4) is 5.75 Å². The fraction of sp³-hybridized carbons (Fsp3) is 0.300. The van der Waals surface area contributed by atoms with E-state index in [1.54, 1.807) is 18.2 Å². The van der Waals surface area contributed by atoms with Gasteiger partial charge in [-0.3, -0.25) is 9.59 Å². The Morgan fingerprint density at radius 1 is 1.24 bits per heavy atom. The molecule has 0 aliphatic heterocycles. The Morgan fingerprint density at radius 2 is 1.96 bits per heavy atom. The van der Waals surface area contributed by atoms with Crippen LogP contribution in [0.2, 0.25) is 0 Å². The number of nitrogens with one attached hydrogen (secondary N) is 1. The fourth-order valence-corrected chi connectivity index (χ4v) is 3.23. The summed E-state index contributed by atoms with van der Waals surface area (Å²) in [5.74, 6) is 0.0980. The van der Waals surface area contributed by atoms with Crippen molar-refractivity contribution >= 4 is 11.7 Å². The van der Waals surface area contributed by atoms with Gasteiger partial charge < -0.3 is 10.1 Å². The third-order valence-corrected chi connectivity index (χ3v) is 4.45. The van der Waals surface area contributed by atoms with E-state index in [-0.39, 0.29) is 30.0 Å². The van der Waals surface area contributed by atoms with E-state index in [9.17, 15) is 14.0 Å². The summed E-state index contributed by atoms with van der Waals surface area (Å²) in [6, 6.07) is 9.59. The van der Waals surface area contributed by atoms with Crippen LogP contribution < -0.4 is 10.1 Å². The van der Waals surface area contributed by atoms with Crippen LogP contribution in [0.4, 0.5) is 4.39 Å². The van der Waals surface area contributed by atoms with Crippen LogP contribution in [0.3, 0.4) is 0 Å². The summed E-state index contributed by atoms with van der Waals surface area (Å²) in [4.78, 5) is 24.2. The number of ketones is 1. The number of halogens is 1. The zero-order valence-corrected chi connectivity index (χ0v) is 14.3. The van der Waals surface area contributed by atoms with Gasteiger partial charge in [0.25, 0.3) is 5.91 Å². The third-order valence-electron chi connectivity index (χ3n) is 4.45. The van der Waals surface area contributed by atoms with Crippen LogP contribution in [0.15, 0.2) is 36.4 Å². The molecule has 5 heteroatoms. The zero-order valence-electron chi connectivity index (χ0n) is 14.3. The van der Waals surface area contributed by atoms with Crippen molar-refractivity contribution in [2.75, 3.05) is 6.61 Å². The lowest BCUT2D eigenvalue weighted by molar-refractivity contribution is -0.123. The molecule has 2 aromatic carbocycles.